The second-order valence-electron chi connectivity index (χ2n) is 4.44. The van der Waals surface area contributed by atoms with Crippen molar-refractivity contribution in [2.24, 2.45) is 5.73 Å². The SMILES string of the molecule is COc1ccc2ccccc2c1C(N)CCC(=O)O. The standard InChI is InChI=1S/C15H17NO3/c1-19-13-8-6-10-4-2-3-5-11(10)15(13)12(16)7-9-14(17)18/h2-6,8,12H,7,9,16H2,1H3,(H,17,18). The summed E-state index contributed by atoms with van der Waals surface area (Å²) in [7, 11) is 1.59. The Morgan fingerprint density at radius 3 is 2.74 bits per heavy atom. The molecule has 0 aromatic heterocycles. The number of benzene rings is 2. The van der Waals surface area contributed by atoms with E-state index < -0.39 is 5.97 Å². The molecular formula is C15H17NO3. The van der Waals surface area contributed by atoms with E-state index in [0.717, 1.165) is 16.3 Å². The summed E-state index contributed by atoms with van der Waals surface area (Å²) in [6.45, 7) is 0. The molecule has 0 fully saturated rings. The van der Waals surface area contributed by atoms with E-state index in [1.54, 1.807) is 7.11 Å². The van der Waals surface area contributed by atoms with Gasteiger partial charge in [0.15, 0.2) is 0 Å². The van der Waals surface area contributed by atoms with Crippen LogP contribution in [-0.4, -0.2) is 18.2 Å². The third kappa shape index (κ3) is 2.85. The molecule has 0 heterocycles. The van der Waals surface area contributed by atoms with Gasteiger partial charge >= 0.3 is 5.97 Å². The van der Waals surface area contributed by atoms with Crippen molar-refractivity contribution in [1.29, 1.82) is 0 Å². The number of carbonyl (C=O) groups is 1. The van der Waals surface area contributed by atoms with Crippen molar-refractivity contribution >= 4 is 16.7 Å². The summed E-state index contributed by atoms with van der Waals surface area (Å²) < 4.78 is 5.35. The van der Waals surface area contributed by atoms with E-state index in [-0.39, 0.29) is 12.5 Å². The molecule has 3 N–H and O–H groups in total. The maximum Gasteiger partial charge on any atom is 0.303 e. The van der Waals surface area contributed by atoms with Crippen molar-refractivity contribution in [3.63, 3.8) is 0 Å². The molecule has 1 unspecified atom stereocenters. The van der Waals surface area contributed by atoms with Gasteiger partial charge in [0.05, 0.1) is 7.11 Å². The van der Waals surface area contributed by atoms with Crippen molar-refractivity contribution in [1.82, 2.24) is 0 Å². The minimum absolute atomic E-state index is 0.0491. The summed E-state index contributed by atoms with van der Waals surface area (Å²) in [5.74, 6) is -0.133. The van der Waals surface area contributed by atoms with Gasteiger partial charge in [0.1, 0.15) is 5.75 Å². The lowest BCUT2D eigenvalue weighted by Crippen LogP contribution is -2.14. The van der Waals surface area contributed by atoms with Gasteiger partial charge in [-0.15, -0.1) is 0 Å². The van der Waals surface area contributed by atoms with Crippen molar-refractivity contribution in [2.45, 2.75) is 18.9 Å². The van der Waals surface area contributed by atoms with E-state index >= 15 is 0 Å². The largest absolute Gasteiger partial charge is 0.496 e. The highest BCUT2D eigenvalue weighted by Gasteiger charge is 2.16. The molecule has 100 valence electrons. The topological polar surface area (TPSA) is 72.5 Å². The normalized spacial score (nSPS) is 12.3. The van der Waals surface area contributed by atoms with E-state index in [2.05, 4.69) is 0 Å². The molecule has 2 aromatic rings. The van der Waals surface area contributed by atoms with Gasteiger partial charge in [-0.05, 0) is 23.3 Å². The van der Waals surface area contributed by atoms with Crippen molar-refractivity contribution < 1.29 is 14.6 Å². The number of aliphatic carboxylic acids is 1. The highest BCUT2D eigenvalue weighted by Crippen LogP contribution is 2.33. The second-order valence-corrected chi connectivity index (χ2v) is 4.44. The maximum absolute atomic E-state index is 10.7. The molecule has 0 bridgehead atoms. The number of methoxy groups -OCH3 is 1. The third-order valence-corrected chi connectivity index (χ3v) is 3.19. The van der Waals surface area contributed by atoms with Crippen molar-refractivity contribution in [3.05, 3.63) is 42.0 Å². The van der Waals surface area contributed by atoms with Crippen LogP contribution in [0.3, 0.4) is 0 Å². The molecule has 2 aromatic carbocycles. The lowest BCUT2D eigenvalue weighted by atomic mass is 9.95. The quantitative estimate of drug-likeness (QED) is 0.866. The zero-order valence-electron chi connectivity index (χ0n) is 10.8. The molecule has 0 aliphatic carbocycles. The van der Waals surface area contributed by atoms with Crippen LogP contribution in [0.25, 0.3) is 10.8 Å². The van der Waals surface area contributed by atoms with Gasteiger partial charge in [0.2, 0.25) is 0 Å². The first-order valence-electron chi connectivity index (χ1n) is 6.16. The zero-order valence-corrected chi connectivity index (χ0v) is 10.8. The molecule has 0 radical (unpaired) electrons. The number of nitrogens with two attached hydrogens (primary N) is 1. The van der Waals surface area contributed by atoms with Gasteiger partial charge in [-0.25, -0.2) is 0 Å². The first-order valence-corrected chi connectivity index (χ1v) is 6.16. The van der Waals surface area contributed by atoms with Crippen LogP contribution >= 0.6 is 0 Å². The fourth-order valence-corrected chi connectivity index (χ4v) is 2.26. The van der Waals surface area contributed by atoms with Crippen LogP contribution in [0.4, 0.5) is 0 Å². The number of hydrogen-bond donors (Lipinski definition) is 2. The Labute approximate surface area is 111 Å². The van der Waals surface area contributed by atoms with Crippen LogP contribution < -0.4 is 10.5 Å². The minimum atomic E-state index is -0.838. The maximum atomic E-state index is 10.7. The van der Waals surface area contributed by atoms with Crippen LogP contribution in [-0.2, 0) is 4.79 Å². The van der Waals surface area contributed by atoms with Crippen LogP contribution in [0.5, 0.6) is 5.75 Å². The smallest absolute Gasteiger partial charge is 0.303 e. The summed E-state index contributed by atoms with van der Waals surface area (Å²) in [6.07, 6.45) is 0.438. The van der Waals surface area contributed by atoms with Gasteiger partial charge in [-0.1, -0.05) is 30.3 Å². The number of rotatable bonds is 5. The van der Waals surface area contributed by atoms with Crippen LogP contribution in [0.2, 0.25) is 0 Å². The molecule has 0 aliphatic rings. The number of ether oxygens (including phenoxy) is 1. The molecular weight excluding hydrogens is 242 g/mol. The lowest BCUT2D eigenvalue weighted by molar-refractivity contribution is -0.137. The summed E-state index contributed by atoms with van der Waals surface area (Å²) >= 11 is 0. The molecule has 1 atom stereocenters. The molecule has 4 nitrogen and oxygen atoms in total. The molecule has 19 heavy (non-hydrogen) atoms. The summed E-state index contributed by atoms with van der Waals surface area (Å²) in [4.78, 5) is 10.7. The zero-order chi connectivity index (χ0) is 13.8. The Bertz CT molecular complexity index is 595. The predicted molar refractivity (Wildman–Crippen MR) is 74.3 cm³/mol. The number of hydrogen-bond acceptors (Lipinski definition) is 3. The molecule has 2 rings (SSSR count). The molecule has 0 aliphatic heterocycles. The van der Waals surface area contributed by atoms with E-state index in [9.17, 15) is 4.79 Å². The Kier molecular flexibility index (Phi) is 4.02. The van der Waals surface area contributed by atoms with Gasteiger partial charge < -0.3 is 15.6 Å². The van der Waals surface area contributed by atoms with Gasteiger partial charge in [-0.2, -0.15) is 0 Å². The van der Waals surface area contributed by atoms with Crippen molar-refractivity contribution in [3.8, 4) is 5.75 Å². The molecule has 0 saturated heterocycles. The molecule has 0 spiro atoms. The molecule has 4 heteroatoms. The Balaban J connectivity index is 2.46. The van der Waals surface area contributed by atoms with E-state index in [4.69, 9.17) is 15.6 Å². The summed E-state index contributed by atoms with van der Waals surface area (Å²) in [5, 5.41) is 10.8. The van der Waals surface area contributed by atoms with E-state index in [0.29, 0.717) is 12.2 Å². The molecule has 0 saturated carbocycles. The fraction of sp³-hybridized carbons (Fsp3) is 0.267. The first-order chi connectivity index (χ1) is 9.13. The van der Waals surface area contributed by atoms with Crippen molar-refractivity contribution in [2.75, 3.05) is 7.11 Å². The molecule has 0 amide bonds. The van der Waals surface area contributed by atoms with Gasteiger partial charge in [-0.3, -0.25) is 4.79 Å². The number of fused-ring (bicyclic) bond motifs is 1. The van der Waals surface area contributed by atoms with Crippen LogP contribution in [0.15, 0.2) is 36.4 Å². The van der Waals surface area contributed by atoms with E-state index in [1.807, 2.05) is 36.4 Å². The number of carboxylic acid groups (broad SMARTS) is 1. The average Bonchev–Trinajstić information content (AvgIpc) is 2.43. The Hall–Kier alpha value is -2.07. The lowest BCUT2D eigenvalue weighted by Gasteiger charge is -2.17. The second kappa shape index (κ2) is 5.71. The highest BCUT2D eigenvalue weighted by atomic mass is 16.5. The van der Waals surface area contributed by atoms with Crippen LogP contribution in [0, 0.1) is 0 Å². The monoisotopic (exact) mass is 259 g/mol. The predicted octanol–water partition coefficient (Wildman–Crippen LogP) is 2.71. The highest BCUT2D eigenvalue weighted by molar-refractivity contribution is 5.88. The van der Waals surface area contributed by atoms with Crippen LogP contribution in [0.1, 0.15) is 24.4 Å². The third-order valence-electron chi connectivity index (χ3n) is 3.19. The Morgan fingerprint density at radius 1 is 1.32 bits per heavy atom. The summed E-state index contributed by atoms with van der Waals surface area (Å²) in [6, 6.07) is 11.4. The average molecular weight is 259 g/mol. The van der Waals surface area contributed by atoms with Gasteiger partial charge in [0.25, 0.3) is 0 Å². The fourth-order valence-electron chi connectivity index (χ4n) is 2.26. The van der Waals surface area contributed by atoms with Gasteiger partial charge in [0, 0.05) is 18.0 Å². The summed E-state index contributed by atoms with van der Waals surface area (Å²) in [5.41, 5.74) is 7.02. The Morgan fingerprint density at radius 2 is 2.05 bits per heavy atom. The number of carboxylic acids is 1. The minimum Gasteiger partial charge on any atom is -0.496 e. The first kappa shape index (κ1) is 13.4. The van der Waals surface area contributed by atoms with E-state index in [1.165, 1.54) is 0 Å².